The molecule has 0 unspecified atom stereocenters. The van der Waals surface area contributed by atoms with Crippen LogP contribution in [0.5, 0.6) is 0 Å². The highest BCUT2D eigenvalue weighted by atomic mass is 32.1. The van der Waals surface area contributed by atoms with Gasteiger partial charge in [0.2, 0.25) is 5.91 Å². The van der Waals surface area contributed by atoms with E-state index >= 15 is 0 Å². The van der Waals surface area contributed by atoms with Gasteiger partial charge >= 0.3 is 0 Å². The van der Waals surface area contributed by atoms with Gasteiger partial charge in [0, 0.05) is 23.8 Å². The molecule has 1 saturated carbocycles. The molecule has 1 aliphatic rings. The second-order valence-electron chi connectivity index (χ2n) is 6.81. The monoisotopic (exact) mass is 350 g/mol. The number of thiophene rings is 1. The standard InChI is InChI=1S/C18H28N3O2S/c1-21(2)18(16-6-4-12-24-16)10-8-14(9-11-18)20-17(23)7-3-5-15(22)13-19/h4,6,12,14,19H,3,5,7-11,13H2,1-2H3,(H,20,23). The molecule has 1 heterocycles. The molecule has 1 aliphatic carbocycles. The molecule has 2 rings (SSSR count). The molecule has 1 aromatic heterocycles. The van der Waals surface area contributed by atoms with Crippen LogP contribution in [0.2, 0.25) is 0 Å². The van der Waals surface area contributed by atoms with Gasteiger partial charge < -0.3 is 5.32 Å². The van der Waals surface area contributed by atoms with Gasteiger partial charge in [-0.3, -0.25) is 20.2 Å². The minimum atomic E-state index is -0.181. The van der Waals surface area contributed by atoms with Crippen LogP contribution in [0.15, 0.2) is 17.5 Å². The lowest BCUT2D eigenvalue weighted by Crippen LogP contribution is -2.48. The summed E-state index contributed by atoms with van der Waals surface area (Å²) in [6, 6.07) is 4.56. The Kier molecular flexibility index (Phi) is 6.95. The first-order valence-electron chi connectivity index (χ1n) is 8.65. The molecule has 0 bridgehead atoms. The quantitative estimate of drug-likeness (QED) is 0.783. The minimum Gasteiger partial charge on any atom is -0.353 e. The molecule has 1 radical (unpaired) electrons. The zero-order chi connectivity index (χ0) is 17.6. The summed E-state index contributed by atoms with van der Waals surface area (Å²) < 4.78 is 0. The predicted octanol–water partition coefficient (Wildman–Crippen LogP) is 2.59. The van der Waals surface area contributed by atoms with Crippen molar-refractivity contribution in [2.24, 2.45) is 0 Å². The van der Waals surface area contributed by atoms with E-state index in [4.69, 9.17) is 5.73 Å². The van der Waals surface area contributed by atoms with E-state index in [0.29, 0.717) is 19.3 Å². The van der Waals surface area contributed by atoms with Crippen LogP contribution < -0.4 is 11.1 Å². The molecule has 5 nitrogen and oxygen atoms in total. The zero-order valence-corrected chi connectivity index (χ0v) is 15.5. The Bertz CT molecular complexity index is 534. The number of Topliss-reactive ketones (excluding diaryl/α,β-unsaturated/α-hetero) is 1. The van der Waals surface area contributed by atoms with Crippen molar-refractivity contribution in [3.63, 3.8) is 0 Å². The third-order valence-electron chi connectivity index (χ3n) is 5.07. The molecular formula is C18H28N3O2S. The molecule has 0 spiro atoms. The van der Waals surface area contributed by atoms with Crippen LogP contribution in [-0.4, -0.2) is 43.3 Å². The predicted molar refractivity (Wildman–Crippen MR) is 96.9 cm³/mol. The molecule has 1 aromatic rings. The Morgan fingerprint density at radius 2 is 2.04 bits per heavy atom. The summed E-state index contributed by atoms with van der Waals surface area (Å²) in [7, 11) is 4.28. The summed E-state index contributed by atoms with van der Waals surface area (Å²) in [5, 5.41) is 5.25. The third kappa shape index (κ3) is 4.65. The first-order valence-corrected chi connectivity index (χ1v) is 9.53. The number of hydrogen-bond donors (Lipinski definition) is 1. The van der Waals surface area contributed by atoms with Crippen molar-refractivity contribution in [1.29, 1.82) is 0 Å². The minimum absolute atomic E-state index is 0.0336. The molecule has 133 valence electrons. The van der Waals surface area contributed by atoms with E-state index in [1.54, 1.807) is 0 Å². The summed E-state index contributed by atoms with van der Waals surface area (Å²) in [5.74, 6) is -0.0570. The molecule has 0 atom stereocenters. The first-order chi connectivity index (χ1) is 11.5. The molecule has 0 aliphatic heterocycles. The van der Waals surface area contributed by atoms with E-state index in [9.17, 15) is 9.59 Å². The highest BCUT2D eigenvalue weighted by molar-refractivity contribution is 7.10. The topological polar surface area (TPSA) is 73.2 Å². The molecule has 2 N–H and O–H groups in total. The normalized spacial score (nSPS) is 24.1. The highest BCUT2D eigenvalue weighted by Gasteiger charge is 2.39. The fraction of sp³-hybridized carbons (Fsp3) is 0.667. The Balaban J connectivity index is 1.81. The van der Waals surface area contributed by atoms with Crippen molar-refractivity contribution in [2.45, 2.75) is 56.5 Å². The number of hydrogen-bond acceptors (Lipinski definition) is 4. The molecule has 24 heavy (non-hydrogen) atoms. The van der Waals surface area contributed by atoms with Gasteiger partial charge in [-0.25, -0.2) is 0 Å². The lowest BCUT2D eigenvalue weighted by Gasteiger charge is -2.44. The van der Waals surface area contributed by atoms with Gasteiger partial charge in [0.15, 0.2) is 0 Å². The van der Waals surface area contributed by atoms with E-state index in [-0.39, 0.29) is 29.8 Å². The summed E-state index contributed by atoms with van der Waals surface area (Å²) in [5.41, 5.74) is 7.07. The number of carbonyl (C=O) groups is 2. The van der Waals surface area contributed by atoms with Gasteiger partial charge in [0.25, 0.3) is 0 Å². The van der Waals surface area contributed by atoms with Crippen LogP contribution in [-0.2, 0) is 15.1 Å². The van der Waals surface area contributed by atoms with Crippen molar-refractivity contribution in [1.82, 2.24) is 16.0 Å². The molecule has 1 fully saturated rings. The summed E-state index contributed by atoms with van der Waals surface area (Å²) in [6.45, 7) is -0.181. The maximum absolute atomic E-state index is 12.0. The third-order valence-corrected chi connectivity index (χ3v) is 6.13. The van der Waals surface area contributed by atoms with Crippen LogP contribution in [0.25, 0.3) is 0 Å². The number of amides is 1. The van der Waals surface area contributed by atoms with Crippen LogP contribution in [0, 0.1) is 0 Å². The van der Waals surface area contributed by atoms with Gasteiger partial charge in [0.05, 0.1) is 12.1 Å². The maximum Gasteiger partial charge on any atom is 0.220 e. The van der Waals surface area contributed by atoms with E-state index in [0.717, 1.165) is 25.7 Å². The number of carbonyl (C=O) groups excluding carboxylic acids is 2. The van der Waals surface area contributed by atoms with E-state index in [2.05, 4.69) is 41.8 Å². The zero-order valence-electron chi connectivity index (χ0n) is 14.6. The van der Waals surface area contributed by atoms with Crippen LogP contribution in [0.3, 0.4) is 0 Å². The second kappa shape index (κ2) is 8.74. The van der Waals surface area contributed by atoms with Gasteiger partial charge in [-0.15, -0.1) is 11.3 Å². The van der Waals surface area contributed by atoms with Crippen molar-refractivity contribution >= 4 is 23.0 Å². The number of nitrogens with zero attached hydrogens (tertiary/aromatic N) is 1. The molecule has 6 heteroatoms. The second-order valence-corrected chi connectivity index (χ2v) is 7.76. The first kappa shape index (κ1) is 19.1. The Labute approximate surface area is 148 Å². The Morgan fingerprint density at radius 1 is 1.33 bits per heavy atom. The lowest BCUT2D eigenvalue weighted by atomic mass is 9.77. The lowest BCUT2D eigenvalue weighted by molar-refractivity contribution is -0.122. The molecule has 1 amide bonds. The number of nitrogens with one attached hydrogen (secondary N) is 2. The fourth-order valence-corrected chi connectivity index (χ4v) is 4.60. The largest absolute Gasteiger partial charge is 0.353 e. The van der Waals surface area contributed by atoms with Crippen molar-refractivity contribution in [3.05, 3.63) is 22.4 Å². The SMILES string of the molecule is CN(C)C1(c2cccs2)CCC(NC(=O)CCCC(=O)C[NH])CC1. The molecular weight excluding hydrogens is 322 g/mol. The molecule has 0 aromatic carbocycles. The number of ketones is 1. The average molecular weight is 351 g/mol. The van der Waals surface area contributed by atoms with Gasteiger partial charge in [0.1, 0.15) is 5.78 Å². The Morgan fingerprint density at radius 3 is 2.58 bits per heavy atom. The van der Waals surface area contributed by atoms with Crippen LogP contribution >= 0.6 is 11.3 Å². The average Bonchev–Trinajstić information content (AvgIpc) is 3.10. The maximum atomic E-state index is 12.0. The van der Waals surface area contributed by atoms with Crippen molar-refractivity contribution in [2.75, 3.05) is 20.6 Å². The van der Waals surface area contributed by atoms with Gasteiger partial charge in [-0.2, -0.15) is 0 Å². The van der Waals surface area contributed by atoms with Crippen LogP contribution in [0.4, 0.5) is 0 Å². The van der Waals surface area contributed by atoms with Gasteiger partial charge in [-0.05, 0) is 57.6 Å². The summed E-state index contributed by atoms with van der Waals surface area (Å²) in [6.07, 6.45) is 5.31. The highest BCUT2D eigenvalue weighted by Crippen LogP contribution is 2.42. The molecule has 0 saturated heterocycles. The van der Waals surface area contributed by atoms with Crippen molar-refractivity contribution in [3.8, 4) is 0 Å². The number of rotatable bonds is 8. The smallest absolute Gasteiger partial charge is 0.220 e. The van der Waals surface area contributed by atoms with Gasteiger partial charge in [-0.1, -0.05) is 6.07 Å². The van der Waals surface area contributed by atoms with E-state index in [1.165, 1.54) is 4.88 Å². The summed E-state index contributed by atoms with van der Waals surface area (Å²) in [4.78, 5) is 26.9. The van der Waals surface area contributed by atoms with Crippen molar-refractivity contribution < 1.29 is 9.59 Å². The van der Waals surface area contributed by atoms with E-state index < -0.39 is 0 Å². The van der Waals surface area contributed by atoms with Crippen LogP contribution in [0.1, 0.15) is 49.8 Å². The fourth-order valence-electron chi connectivity index (χ4n) is 3.53. The Hall–Kier alpha value is -1.24. The van der Waals surface area contributed by atoms with E-state index in [1.807, 2.05) is 11.3 Å². The summed E-state index contributed by atoms with van der Waals surface area (Å²) >= 11 is 1.81.